The number of carbonyl (C=O) groups is 2. The van der Waals surface area contributed by atoms with Crippen molar-refractivity contribution in [3.63, 3.8) is 0 Å². The maximum Gasteiger partial charge on any atom is 0.308 e. The molecule has 110 valence electrons. The molecule has 1 atom stereocenters. The summed E-state index contributed by atoms with van der Waals surface area (Å²) in [6.07, 6.45) is 2.73. The fraction of sp³-hybridized carbons (Fsp3) is 0.692. The number of likely N-dealkylation sites (tertiary alicyclic amines) is 1. The minimum atomic E-state index is -0.335. The molecule has 7 nitrogen and oxygen atoms in total. The second-order valence-electron chi connectivity index (χ2n) is 5.10. The van der Waals surface area contributed by atoms with E-state index in [1.807, 2.05) is 6.92 Å². The number of nitrogens with one attached hydrogen (secondary N) is 1. The summed E-state index contributed by atoms with van der Waals surface area (Å²) < 4.78 is 5.12. The molecule has 1 fully saturated rings. The highest BCUT2D eigenvalue weighted by molar-refractivity contribution is 5.78. The highest BCUT2D eigenvalue weighted by Gasteiger charge is 2.25. The highest BCUT2D eigenvalue weighted by atomic mass is 16.5. The lowest BCUT2D eigenvalue weighted by Crippen LogP contribution is -2.42. The summed E-state index contributed by atoms with van der Waals surface area (Å²) >= 11 is 0. The number of carbonyl (C=O) groups excluding carboxylic acids is 2. The van der Waals surface area contributed by atoms with E-state index in [0.29, 0.717) is 18.1 Å². The first-order chi connectivity index (χ1) is 9.56. The molecule has 0 radical (unpaired) electrons. The SMILES string of the molecule is Cc1nc(COC(=O)CC(C)N2CCCCC2=O)n[nH]1. The minimum absolute atomic E-state index is 0.0594. The summed E-state index contributed by atoms with van der Waals surface area (Å²) in [6.45, 7) is 4.45. The van der Waals surface area contributed by atoms with Gasteiger partial charge in [0.1, 0.15) is 5.82 Å². The second-order valence-corrected chi connectivity index (χ2v) is 5.10. The van der Waals surface area contributed by atoms with Gasteiger partial charge < -0.3 is 9.64 Å². The molecule has 7 heteroatoms. The number of hydrogen-bond acceptors (Lipinski definition) is 5. The third kappa shape index (κ3) is 3.79. The Labute approximate surface area is 117 Å². The second kappa shape index (κ2) is 6.49. The number of esters is 1. The number of piperidine rings is 1. The van der Waals surface area contributed by atoms with Crippen LogP contribution in [0, 0.1) is 6.92 Å². The molecule has 2 heterocycles. The van der Waals surface area contributed by atoms with E-state index in [4.69, 9.17) is 4.74 Å². The van der Waals surface area contributed by atoms with Crippen molar-refractivity contribution in [2.24, 2.45) is 0 Å². The molecule has 2 rings (SSSR count). The van der Waals surface area contributed by atoms with Crippen LogP contribution >= 0.6 is 0 Å². The third-order valence-electron chi connectivity index (χ3n) is 3.36. The summed E-state index contributed by atoms with van der Waals surface area (Å²) in [6, 6.07) is -0.121. The molecule has 1 unspecified atom stereocenters. The van der Waals surface area contributed by atoms with Gasteiger partial charge in [-0.2, -0.15) is 5.10 Å². The fourth-order valence-corrected chi connectivity index (χ4v) is 2.30. The lowest BCUT2D eigenvalue weighted by Gasteiger charge is -2.32. The molecule has 0 aromatic carbocycles. The molecule has 1 amide bonds. The molecule has 1 aliphatic rings. The standard InChI is InChI=1S/C13H20N4O3/c1-9(17-6-4-3-5-12(17)18)7-13(19)20-8-11-14-10(2)15-16-11/h9H,3-8H2,1-2H3,(H,14,15,16). The summed E-state index contributed by atoms with van der Waals surface area (Å²) in [7, 11) is 0. The minimum Gasteiger partial charge on any atom is -0.457 e. The van der Waals surface area contributed by atoms with Crippen LogP contribution in [0.1, 0.15) is 44.3 Å². The van der Waals surface area contributed by atoms with Crippen LogP contribution in [-0.2, 0) is 20.9 Å². The van der Waals surface area contributed by atoms with Crippen LogP contribution in [-0.4, -0.2) is 44.5 Å². The number of amides is 1. The Morgan fingerprint density at radius 3 is 2.95 bits per heavy atom. The lowest BCUT2D eigenvalue weighted by atomic mass is 10.1. The maximum atomic E-state index is 11.8. The van der Waals surface area contributed by atoms with Gasteiger partial charge in [-0.1, -0.05) is 0 Å². The van der Waals surface area contributed by atoms with E-state index in [2.05, 4.69) is 15.2 Å². The van der Waals surface area contributed by atoms with Crippen molar-refractivity contribution in [2.75, 3.05) is 6.54 Å². The maximum absolute atomic E-state index is 11.8. The fourth-order valence-electron chi connectivity index (χ4n) is 2.30. The highest BCUT2D eigenvalue weighted by Crippen LogP contribution is 2.16. The van der Waals surface area contributed by atoms with Gasteiger partial charge >= 0.3 is 5.97 Å². The van der Waals surface area contributed by atoms with Crippen molar-refractivity contribution >= 4 is 11.9 Å². The molecule has 1 aliphatic heterocycles. The van der Waals surface area contributed by atoms with Gasteiger partial charge in [0.15, 0.2) is 12.4 Å². The number of aromatic nitrogens is 3. The zero-order chi connectivity index (χ0) is 14.5. The zero-order valence-electron chi connectivity index (χ0n) is 11.9. The van der Waals surface area contributed by atoms with Crippen LogP contribution in [0.25, 0.3) is 0 Å². The van der Waals surface area contributed by atoms with Gasteiger partial charge in [-0.05, 0) is 26.7 Å². The molecular weight excluding hydrogens is 260 g/mol. The molecule has 1 aromatic heterocycles. The molecule has 1 aromatic rings. The van der Waals surface area contributed by atoms with Crippen LogP contribution in [0.5, 0.6) is 0 Å². The van der Waals surface area contributed by atoms with Crippen LogP contribution in [0.2, 0.25) is 0 Å². The van der Waals surface area contributed by atoms with Crippen LogP contribution in [0.3, 0.4) is 0 Å². The zero-order valence-corrected chi connectivity index (χ0v) is 11.9. The van der Waals surface area contributed by atoms with Crippen molar-refractivity contribution in [3.05, 3.63) is 11.6 Å². The van der Waals surface area contributed by atoms with Crippen molar-refractivity contribution < 1.29 is 14.3 Å². The molecule has 0 aliphatic carbocycles. The van der Waals surface area contributed by atoms with Gasteiger partial charge in [0, 0.05) is 19.0 Å². The average Bonchev–Trinajstić information content (AvgIpc) is 2.82. The first-order valence-electron chi connectivity index (χ1n) is 6.89. The predicted molar refractivity (Wildman–Crippen MR) is 70.6 cm³/mol. The lowest BCUT2D eigenvalue weighted by molar-refractivity contribution is -0.148. The van der Waals surface area contributed by atoms with E-state index in [1.165, 1.54) is 0 Å². The molecular formula is C13H20N4O3. The van der Waals surface area contributed by atoms with E-state index >= 15 is 0 Å². The van der Waals surface area contributed by atoms with Gasteiger partial charge in [0.05, 0.1) is 6.42 Å². The van der Waals surface area contributed by atoms with Crippen LogP contribution in [0.15, 0.2) is 0 Å². The van der Waals surface area contributed by atoms with Crippen molar-refractivity contribution in [2.45, 2.75) is 52.2 Å². The number of aryl methyl sites for hydroxylation is 1. The van der Waals surface area contributed by atoms with E-state index in [-0.39, 0.29) is 30.9 Å². The molecule has 1 N–H and O–H groups in total. The van der Waals surface area contributed by atoms with Gasteiger partial charge in [-0.15, -0.1) is 0 Å². The van der Waals surface area contributed by atoms with Crippen LogP contribution < -0.4 is 0 Å². The Balaban J connectivity index is 1.77. The Kier molecular flexibility index (Phi) is 4.70. The van der Waals surface area contributed by atoms with Gasteiger partial charge in [-0.25, -0.2) is 4.98 Å². The number of aromatic amines is 1. The quantitative estimate of drug-likeness (QED) is 0.811. The Morgan fingerprint density at radius 2 is 2.30 bits per heavy atom. The Bertz CT molecular complexity index is 486. The topological polar surface area (TPSA) is 88.2 Å². The van der Waals surface area contributed by atoms with Crippen molar-refractivity contribution in [1.29, 1.82) is 0 Å². The molecule has 20 heavy (non-hydrogen) atoms. The van der Waals surface area contributed by atoms with Gasteiger partial charge in [0.25, 0.3) is 0 Å². The van der Waals surface area contributed by atoms with Crippen molar-refractivity contribution in [1.82, 2.24) is 20.1 Å². The molecule has 0 saturated carbocycles. The largest absolute Gasteiger partial charge is 0.457 e. The normalized spacial score (nSPS) is 17.1. The summed E-state index contributed by atoms with van der Waals surface area (Å²) in [5.74, 6) is 0.931. The first kappa shape index (κ1) is 14.5. The molecule has 1 saturated heterocycles. The number of H-pyrrole nitrogens is 1. The smallest absolute Gasteiger partial charge is 0.308 e. The van der Waals surface area contributed by atoms with E-state index < -0.39 is 0 Å². The van der Waals surface area contributed by atoms with E-state index in [0.717, 1.165) is 19.4 Å². The summed E-state index contributed by atoms with van der Waals surface area (Å²) in [4.78, 5) is 29.3. The predicted octanol–water partition coefficient (Wildman–Crippen LogP) is 0.947. The summed E-state index contributed by atoms with van der Waals surface area (Å²) in [5.41, 5.74) is 0. The molecule has 0 spiro atoms. The van der Waals surface area contributed by atoms with E-state index in [9.17, 15) is 9.59 Å². The first-order valence-corrected chi connectivity index (χ1v) is 6.89. The third-order valence-corrected chi connectivity index (χ3v) is 3.36. The number of hydrogen-bond donors (Lipinski definition) is 1. The van der Waals surface area contributed by atoms with Crippen LogP contribution in [0.4, 0.5) is 0 Å². The average molecular weight is 280 g/mol. The van der Waals surface area contributed by atoms with E-state index in [1.54, 1.807) is 11.8 Å². The van der Waals surface area contributed by atoms with Gasteiger partial charge in [0.2, 0.25) is 5.91 Å². The number of ether oxygens (including phenoxy) is 1. The summed E-state index contributed by atoms with van der Waals surface area (Å²) in [5, 5.41) is 6.58. The number of rotatable bonds is 5. The Morgan fingerprint density at radius 1 is 1.50 bits per heavy atom. The van der Waals surface area contributed by atoms with Gasteiger partial charge in [-0.3, -0.25) is 14.7 Å². The number of nitrogens with zero attached hydrogens (tertiary/aromatic N) is 3. The monoisotopic (exact) mass is 280 g/mol. The molecule has 0 bridgehead atoms. The Hall–Kier alpha value is -1.92. The van der Waals surface area contributed by atoms with Crippen molar-refractivity contribution in [3.8, 4) is 0 Å².